The molecule has 8 nitrogen and oxygen atoms in total. The van der Waals surface area contributed by atoms with Crippen LogP contribution in [-0.4, -0.2) is 42.6 Å². The van der Waals surface area contributed by atoms with Gasteiger partial charge in [-0.15, -0.1) is 0 Å². The summed E-state index contributed by atoms with van der Waals surface area (Å²) in [5.41, 5.74) is 2.58. The van der Waals surface area contributed by atoms with Crippen LogP contribution >= 0.6 is 0 Å². The van der Waals surface area contributed by atoms with Gasteiger partial charge in [-0.2, -0.15) is 0 Å². The second kappa shape index (κ2) is 7.38. The summed E-state index contributed by atoms with van der Waals surface area (Å²) in [5, 5.41) is 2.87. The molecule has 1 fully saturated rings. The highest BCUT2D eigenvalue weighted by molar-refractivity contribution is 5.99. The highest BCUT2D eigenvalue weighted by Crippen LogP contribution is 2.32. The van der Waals surface area contributed by atoms with Crippen molar-refractivity contribution in [3.05, 3.63) is 59.7 Å². The number of amides is 2. The highest BCUT2D eigenvalue weighted by Gasteiger charge is 2.32. The van der Waals surface area contributed by atoms with Gasteiger partial charge in [-0.3, -0.25) is 19.6 Å². The Morgan fingerprint density at radius 3 is 2.86 bits per heavy atom. The molecule has 0 radical (unpaired) electrons. The molecule has 4 heterocycles. The molecule has 1 aliphatic heterocycles. The first-order valence-corrected chi connectivity index (χ1v) is 9.34. The quantitative estimate of drug-likeness (QED) is 0.750. The summed E-state index contributed by atoms with van der Waals surface area (Å²) in [7, 11) is 0. The molecule has 3 aromatic heterocycles. The zero-order valence-corrected chi connectivity index (χ0v) is 15.9. The maximum Gasteiger partial charge on any atom is 0.272 e. The summed E-state index contributed by atoms with van der Waals surface area (Å²) in [6.07, 6.45) is 6.97. The molecule has 3 aromatic rings. The van der Waals surface area contributed by atoms with Crippen LogP contribution in [0.2, 0.25) is 0 Å². The minimum Gasteiger partial charge on any atom is -0.345 e. The average molecular weight is 378 g/mol. The van der Waals surface area contributed by atoms with Crippen molar-refractivity contribution in [2.75, 3.05) is 6.54 Å². The van der Waals surface area contributed by atoms with Gasteiger partial charge in [-0.05, 0) is 31.9 Å². The van der Waals surface area contributed by atoms with Crippen molar-refractivity contribution in [3.8, 4) is 0 Å². The normalized spacial score (nSPS) is 16.5. The van der Waals surface area contributed by atoms with Crippen molar-refractivity contribution in [2.45, 2.75) is 39.3 Å². The minimum atomic E-state index is -0.273. The van der Waals surface area contributed by atoms with Crippen LogP contribution in [0.25, 0.3) is 5.52 Å². The van der Waals surface area contributed by atoms with E-state index in [1.54, 1.807) is 19.3 Å². The number of likely N-dealkylation sites (tertiary alicyclic amines) is 1. The third-order valence-electron chi connectivity index (χ3n) is 5.01. The van der Waals surface area contributed by atoms with Gasteiger partial charge < -0.3 is 14.6 Å². The maximum absolute atomic E-state index is 12.8. The molecule has 0 unspecified atom stereocenters. The number of imidazole rings is 1. The molecular formula is C20H22N6O2. The van der Waals surface area contributed by atoms with Gasteiger partial charge in [0.25, 0.3) is 5.91 Å². The molecule has 2 amide bonds. The monoisotopic (exact) mass is 378 g/mol. The van der Waals surface area contributed by atoms with Crippen LogP contribution in [0.5, 0.6) is 0 Å². The van der Waals surface area contributed by atoms with E-state index < -0.39 is 0 Å². The molecule has 0 saturated carbocycles. The molecule has 28 heavy (non-hydrogen) atoms. The second-order valence-electron chi connectivity index (χ2n) is 6.98. The average Bonchev–Trinajstić information content (AvgIpc) is 3.32. The van der Waals surface area contributed by atoms with Gasteiger partial charge >= 0.3 is 0 Å². The summed E-state index contributed by atoms with van der Waals surface area (Å²) >= 11 is 0. The molecule has 4 rings (SSSR count). The SMILES string of the molecule is CC(=O)N1CCC[C@H]1c1nc(C(=O)NCc2cnc(C)cn2)c2ccccn12. The molecule has 1 aliphatic rings. The van der Waals surface area contributed by atoms with Gasteiger partial charge in [0.1, 0.15) is 5.82 Å². The second-order valence-corrected chi connectivity index (χ2v) is 6.98. The van der Waals surface area contributed by atoms with Crippen LogP contribution in [-0.2, 0) is 11.3 Å². The number of carbonyl (C=O) groups excluding carboxylic acids is 2. The highest BCUT2D eigenvalue weighted by atomic mass is 16.2. The molecule has 0 aliphatic carbocycles. The number of aromatic nitrogens is 4. The third kappa shape index (κ3) is 3.33. The first-order valence-electron chi connectivity index (χ1n) is 9.34. The van der Waals surface area contributed by atoms with Crippen LogP contribution in [0.15, 0.2) is 36.8 Å². The minimum absolute atomic E-state index is 0.0270. The topological polar surface area (TPSA) is 92.5 Å². The first kappa shape index (κ1) is 18.1. The number of rotatable bonds is 4. The van der Waals surface area contributed by atoms with E-state index in [4.69, 9.17) is 0 Å². The van der Waals surface area contributed by atoms with Crippen molar-refractivity contribution < 1.29 is 9.59 Å². The first-order chi connectivity index (χ1) is 13.5. The Balaban J connectivity index is 1.63. The molecule has 1 saturated heterocycles. The summed E-state index contributed by atoms with van der Waals surface area (Å²) < 4.78 is 1.91. The molecule has 8 heteroatoms. The van der Waals surface area contributed by atoms with E-state index in [1.165, 1.54) is 0 Å². The Morgan fingerprint density at radius 2 is 2.11 bits per heavy atom. The van der Waals surface area contributed by atoms with Crippen molar-refractivity contribution >= 4 is 17.3 Å². The Morgan fingerprint density at radius 1 is 1.25 bits per heavy atom. The van der Waals surface area contributed by atoms with E-state index in [1.807, 2.05) is 40.6 Å². The van der Waals surface area contributed by atoms with Gasteiger partial charge in [-0.25, -0.2) is 4.98 Å². The number of pyridine rings is 1. The van der Waals surface area contributed by atoms with E-state index in [0.29, 0.717) is 11.4 Å². The number of hydrogen-bond acceptors (Lipinski definition) is 5. The van der Waals surface area contributed by atoms with Crippen LogP contribution in [0.1, 0.15) is 53.5 Å². The third-order valence-corrected chi connectivity index (χ3v) is 5.01. The fourth-order valence-electron chi connectivity index (χ4n) is 3.64. The predicted molar refractivity (Wildman–Crippen MR) is 102 cm³/mol. The van der Waals surface area contributed by atoms with E-state index in [-0.39, 0.29) is 24.4 Å². The van der Waals surface area contributed by atoms with Gasteiger partial charge in [0, 0.05) is 25.9 Å². The Kier molecular flexibility index (Phi) is 4.77. The van der Waals surface area contributed by atoms with Gasteiger partial charge in [0.05, 0.1) is 35.7 Å². The largest absolute Gasteiger partial charge is 0.345 e. The van der Waals surface area contributed by atoms with Crippen molar-refractivity contribution in [3.63, 3.8) is 0 Å². The lowest BCUT2D eigenvalue weighted by atomic mass is 10.2. The predicted octanol–water partition coefficient (Wildman–Crippen LogP) is 2.05. The molecule has 1 N–H and O–H groups in total. The lowest BCUT2D eigenvalue weighted by molar-refractivity contribution is -0.129. The van der Waals surface area contributed by atoms with Crippen molar-refractivity contribution in [2.24, 2.45) is 0 Å². The fraction of sp³-hybridized carbons (Fsp3) is 0.350. The Bertz CT molecular complexity index is 1030. The maximum atomic E-state index is 12.8. The van der Waals surface area contributed by atoms with Crippen LogP contribution < -0.4 is 5.32 Å². The Hall–Kier alpha value is -3.29. The Labute approximate surface area is 162 Å². The fourth-order valence-corrected chi connectivity index (χ4v) is 3.64. The van der Waals surface area contributed by atoms with E-state index in [9.17, 15) is 9.59 Å². The van der Waals surface area contributed by atoms with Crippen molar-refractivity contribution in [1.82, 2.24) is 29.6 Å². The summed E-state index contributed by atoms with van der Waals surface area (Å²) in [4.78, 5) is 39.7. The van der Waals surface area contributed by atoms with E-state index in [2.05, 4.69) is 20.3 Å². The van der Waals surface area contributed by atoms with Crippen LogP contribution in [0.4, 0.5) is 0 Å². The van der Waals surface area contributed by atoms with E-state index >= 15 is 0 Å². The lowest BCUT2D eigenvalue weighted by Crippen LogP contribution is -2.29. The molecule has 1 atom stereocenters. The molecule has 0 bridgehead atoms. The molecule has 144 valence electrons. The smallest absolute Gasteiger partial charge is 0.272 e. The zero-order valence-electron chi connectivity index (χ0n) is 15.9. The summed E-state index contributed by atoms with van der Waals surface area (Å²) in [6, 6.07) is 5.52. The lowest BCUT2D eigenvalue weighted by Gasteiger charge is -2.22. The van der Waals surface area contributed by atoms with Crippen LogP contribution in [0, 0.1) is 6.92 Å². The zero-order chi connectivity index (χ0) is 19.7. The van der Waals surface area contributed by atoms with Gasteiger partial charge in [-0.1, -0.05) is 6.07 Å². The molecular weight excluding hydrogens is 356 g/mol. The van der Waals surface area contributed by atoms with E-state index in [0.717, 1.165) is 36.4 Å². The van der Waals surface area contributed by atoms with Crippen molar-refractivity contribution in [1.29, 1.82) is 0 Å². The van der Waals surface area contributed by atoms with Gasteiger partial charge in [0.2, 0.25) is 5.91 Å². The summed E-state index contributed by atoms with van der Waals surface area (Å²) in [5.74, 6) is 0.479. The number of hydrogen-bond donors (Lipinski definition) is 1. The van der Waals surface area contributed by atoms with Gasteiger partial charge in [0.15, 0.2) is 5.69 Å². The molecule has 0 aromatic carbocycles. The standard InChI is InChI=1S/C20H22N6O2/c1-13-10-22-15(11-21-13)12-23-20(28)18-16-6-3-4-8-26(16)19(24-18)17-7-5-9-25(17)14(2)27/h3-4,6,8,10-11,17H,5,7,9,12H2,1-2H3,(H,23,28)/t17-/m0/s1. The number of nitrogens with zero attached hydrogens (tertiary/aromatic N) is 5. The number of fused-ring (bicyclic) bond motifs is 1. The molecule has 0 spiro atoms. The number of carbonyl (C=O) groups is 2. The van der Waals surface area contributed by atoms with Crippen LogP contribution in [0.3, 0.4) is 0 Å². The number of aryl methyl sites for hydroxylation is 1. The number of nitrogens with one attached hydrogen (secondary N) is 1. The summed E-state index contributed by atoms with van der Waals surface area (Å²) in [6.45, 7) is 4.43.